The Morgan fingerprint density at radius 1 is 1.28 bits per heavy atom. The quantitative estimate of drug-likeness (QED) is 0.656. The number of aromatic nitrogens is 2. The van der Waals surface area contributed by atoms with Crippen molar-refractivity contribution in [1.29, 1.82) is 0 Å². The second kappa shape index (κ2) is 7.11. The number of hydrogen-bond acceptors (Lipinski definition) is 5. The van der Waals surface area contributed by atoms with E-state index in [4.69, 9.17) is 4.98 Å². The molecular formula is C18H23N3O2S2. The second-order valence-electron chi connectivity index (χ2n) is 6.86. The fourth-order valence-corrected chi connectivity index (χ4v) is 6.23. The third kappa shape index (κ3) is 3.12. The molecule has 1 saturated carbocycles. The van der Waals surface area contributed by atoms with E-state index >= 15 is 0 Å². The van der Waals surface area contributed by atoms with E-state index in [9.17, 15) is 9.59 Å². The molecular weight excluding hydrogens is 354 g/mol. The molecule has 0 bridgehead atoms. The molecule has 0 saturated heterocycles. The number of carbonyl (C=O) groups is 1. The zero-order valence-electron chi connectivity index (χ0n) is 14.5. The zero-order valence-corrected chi connectivity index (χ0v) is 16.1. The number of nitrogens with zero attached hydrogens (tertiary/aromatic N) is 2. The average molecular weight is 378 g/mol. The summed E-state index contributed by atoms with van der Waals surface area (Å²) in [5.41, 5.74) is 1.37. The summed E-state index contributed by atoms with van der Waals surface area (Å²) in [6.45, 7) is 0. The Bertz CT molecular complexity index is 865. The Morgan fingerprint density at radius 2 is 2.04 bits per heavy atom. The smallest absolute Gasteiger partial charge is 0.263 e. The molecule has 0 aliphatic heterocycles. The number of fused-ring (bicyclic) bond motifs is 3. The van der Waals surface area contributed by atoms with Crippen molar-refractivity contribution in [2.45, 2.75) is 62.6 Å². The van der Waals surface area contributed by atoms with Gasteiger partial charge in [0.25, 0.3) is 5.56 Å². The molecule has 2 aromatic rings. The Morgan fingerprint density at radius 3 is 2.80 bits per heavy atom. The van der Waals surface area contributed by atoms with Crippen LogP contribution < -0.4 is 10.9 Å². The van der Waals surface area contributed by atoms with Gasteiger partial charge in [0, 0.05) is 18.0 Å². The highest BCUT2D eigenvalue weighted by Gasteiger charge is 2.27. The van der Waals surface area contributed by atoms with Gasteiger partial charge in [-0.3, -0.25) is 14.2 Å². The Labute approximate surface area is 155 Å². The topological polar surface area (TPSA) is 64.0 Å². The van der Waals surface area contributed by atoms with Gasteiger partial charge >= 0.3 is 0 Å². The van der Waals surface area contributed by atoms with Crippen LogP contribution in [0.1, 0.15) is 55.0 Å². The highest BCUT2D eigenvalue weighted by Crippen LogP contribution is 2.37. The van der Waals surface area contributed by atoms with E-state index in [1.807, 2.05) is 4.57 Å². The maximum absolute atomic E-state index is 13.4. The molecule has 0 radical (unpaired) electrons. The van der Waals surface area contributed by atoms with E-state index in [1.54, 1.807) is 18.4 Å². The molecule has 2 aliphatic carbocycles. The lowest BCUT2D eigenvalue weighted by atomic mass is 9.97. The number of nitrogens with one attached hydrogen (secondary N) is 1. The molecule has 0 spiro atoms. The van der Waals surface area contributed by atoms with Crippen LogP contribution >= 0.6 is 23.1 Å². The molecule has 0 unspecified atom stereocenters. The summed E-state index contributed by atoms with van der Waals surface area (Å²) in [6.07, 6.45) is 8.83. The van der Waals surface area contributed by atoms with Gasteiger partial charge in [-0.15, -0.1) is 11.3 Å². The molecule has 2 heterocycles. The molecule has 1 N–H and O–H groups in total. The zero-order chi connectivity index (χ0) is 17.4. The van der Waals surface area contributed by atoms with Gasteiger partial charge < -0.3 is 5.32 Å². The first kappa shape index (κ1) is 17.1. The van der Waals surface area contributed by atoms with Crippen LogP contribution in [0.4, 0.5) is 0 Å². The fourth-order valence-electron chi connectivity index (χ4n) is 3.99. The number of carbonyl (C=O) groups excluding carboxylic acids is 1. The van der Waals surface area contributed by atoms with Crippen molar-refractivity contribution in [3.8, 4) is 0 Å². The van der Waals surface area contributed by atoms with E-state index in [2.05, 4.69) is 5.32 Å². The molecule has 134 valence electrons. The van der Waals surface area contributed by atoms with Gasteiger partial charge in [0.2, 0.25) is 5.91 Å². The van der Waals surface area contributed by atoms with Crippen molar-refractivity contribution in [2.24, 2.45) is 0 Å². The highest BCUT2D eigenvalue weighted by molar-refractivity contribution is 7.99. The van der Waals surface area contributed by atoms with Gasteiger partial charge in [0.05, 0.1) is 11.1 Å². The minimum Gasteiger partial charge on any atom is -0.358 e. The number of thiophene rings is 1. The van der Waals surface area contributed by atoms with Crippen molar-refractivity contribution < 1.29 is 4.79 Å². The molecule has 4 rings (SSSR count). The summed E-state index contributed by atoms with van der Waals surface area (Å²) in [5, 5.41) is 4.22. The van der Waals surface area contributed by atoms with Crippen LogP contribution in [0.5, 0.6) is 0 Å². The Kier molecular flexibility index (Phi) is 4.86. The van der Waals surface area contributed by atoms with Gasteiger partial charge in [-0.05, 0) is 44.1 Å². The maximum Gasteiger partial charge on any atom is 0.263 e. The Hall–Kier alpha value is -1.34. The fraction of sp³-hybridized carbons (Fsp3) is 0.611. The summed E-state index contributed by atoms with van der Waals surface area (Å²) in [5.74, 6) is 0.259. The van der Waals surface area contributed by atoms with Crippen molar-refractivity contribution in [3.05, 3.63) is 20.8 Å². The Balaban J connectivity index is 1.85. The lowest BCUT2D eigenvalue weighted by Gasteiger charge is -2.18. The lowest BCUT2D eigenvalue weighted by Crippen LogP contribution is -2.27. The van der Waals surface area contributed by atoms with Crippen LogP contribution in [0.3, 0.4) is 0 Å². The summed E-state index contributed by atoms with van der Waals surface area (Å²) in [6, 6.07) is 0.232. The van der Waals surface area contributed by atoms with Crippen molar-refractivity contribution in [3.63, 3.8) is 0 Å². The molecule has 7 heteroatoms. The van der Waals surface area contributed by atoms with Crippen LogP contribution in [0.15, 0.2) is 9.95 Å². The number of thioether (sulfide) groups is 1. The predicted molar refractivity (Wildman–Crippen MR) is 103 cm³/mol. The van der Waals surface area contributed by atoms with Crippen LogP contribution in [-0.4, -0.2) is 28.3 Å². The molecule has 1 amide bonds. The second-order valence-corrected chi connectivity index (χ2v) is 8.89. The first-order valence-corrected chi connectivity index (χ1v) is 10.9. The molecule has 25 heavy (non-hydrogen) atoms. The van der Waals surface area contributed by atoms with E-state index < -0.39 is 0 Å². The standard InChI is InChI=1S/C18H23N3O2S2/c1-19-14(22)10-24-18-20-16-15(12-8-4-5-9-13(12)25-16)17(23)21(18)11-6-2-3-7-11/h11H,2-10H2,1H3,(H,19,22). The summed E-state index contributed by atoms with van der Waals surface area (Å²) >= 11 is 3.07. The molecule has 0 aromatic carbocycles. The minimum atomic E-state index is -0.0391. The highest BCUT2D eigenvalue weighted by atomic mass is 32.2. The van der Waals surface area contributed by atoms with Gasteiger partial charge in [-0.1, -0.05) is 24.6 Å². The first-order valence-electron chi connectivity index (χ1n) is 9.09. The number of amides is 1. The van der Waals surface area contributed by atoms with Crippen LogP contribution in [-0.2, 0) is 17.6 Å². The number of aryl methyl sites for hydroxylation is 2. The first-order chi connectivity index (χ1) is 12.2. The van der Waals surface area contributed by atoms with Gasteiger partial charge in [-0.2, -0.15) is 0 Å². The van der Waals surface area contributed by atoms with Crippen molar-refractivity contribution in [2.75, 3.05) is 12.8 Å². The molecule has 0 atom stereocenters. The largest absolute Gasteiger partial charge is 0.358 e. The van der Waals surface area contributed by atoms with E-state index in [0.29, 0.717) is 10.9 Å². The van der Waals surface area contributed by atoms with Crippen molar-refractivity contribution >= 4 is 39.2 Å². The van der Waals surface area contributed by atoms with Crippen LogP contribution in [0, 0.1) is 0 Å². The molecule has 1 fully saturated rings. The minimum absolute atomic E-state index is 0.0391. The molecule has 5 nitrogen and oxygen atoms in total. The average Bonchev–Trinajstić information content (AvgIpc) is 3.26. The summed E-state index contributed by atoms with van der Waals surface area (Å²) in [4.78, 5) is 32.1. The summed E-state index contributed by atoms with van der Waals surface area (Å²) < 4.78 is 1.91. The third-order valence-corrected chi connectivity index (χ3v) is 7.43. The van der Waals surface area contributed by atoms with E-state index in [1.165, 1.54) is 28.6 Å². The lowest BCUT2D eigenvalue weighted by molar-refractivity contribution is -0.118. The van der Waals surface area contributed by atoms with Gasteiger partial charge in [0.1, 0.15) is 4.83 Å². The van der Waals surface area contributed by atoms with Gasteiger partial charge in [0.15, 0.2) is 5.16 Å². The van der Waals surface area contributed by atoms with E-state index in [0.717, 1.165) is 55.2 Å². The number of hydrogen-bond donors (Lipinski definition) is 1. The third-order valence-electron chi connectivity index (χ3n) is 5.29. The SMILES string of the molecule is CNC(=O)CSc1nc2sc3c(c2c(=O)n1C1CCCC1)CCCC3. The normalized spacial score (nSPS) is 17.8. The van der Waals surface area contributed by atoms with Crippen molar-refractivity contribution in [1.82, 2.24) is 14.9 Å². The van der Waals surface area contributed by atoms with Gasteiger partial charge in [-0.25, -0.2) is 4.98 Å². The number of rotatable bonds is 4. The van der Waals surface area contributed by atoms with E-state index in [-0.39, 0.29) is 17.5 Å². The predicted octanol–water partition coefficient (Wildman–Crippen LogP) is 3.29. The summed E-state index contributed by atoms with van der Waals surface area (Å²) in [7, 11) is 1.64. The molecule has 2 aromatic heterocycles. The molecule has 2 aliphatic rings. The maximum atomic E-state index is 13.4. The van der Waals surface area contributed by atoms with Crippen LogP contribution in [0.25, 0.3) is 10.2 Å². The monoisotopic (exact) mass is 377 g/mol. The van der Waals surface area contributed by atoms with Crippen LogP contribution in [0.2, 0.25) is 0 Å².